The van der Waals surface area contributed by atoms with E-state index in [0.29, 0.717) is 47.6 Å². The molecule has 4 rings (SSSR count). The number of pyridine rings is 1. The Labute approximate surface area is 186 Å². The number of ether oxygens (including phenoxy) is 3. The molecule has 32 heavy (non-hydrogen) atoms. The van der Waals surface area contributed by atoms with Crippen molar-refractivity contribution in [2.75, 3.05) is 33.0 Å². The molecule has 2 aromatic heterocycles. The number of benzene rings is 1. The number of hydrogen-bond donors (Lipinski definition) is 1. The number of methoxy groups -OCH3 is 2. The molecule has 9 heteroatoms. The van der Waals surface area contributed by atoms with E-state index < -0.39 is 0 Å². The van der Waals surface area contributed by atoms with Gasteiger partial charge in [0.25, 0.3) is 5.91 Å². The third kappa shape index (κ3) is 4.56. The van der Waals surface area contributed by atoms with Gasteiger partial charge in [-0.2, -0.15) is 0 Å². The average molecular weight is 435 g/mol. The third-order valence-corrected chi connectivity index (χ3v) is 5.44. The highest BCUT2D eigenvalue weighted by atomic mass is 16.5. The van der Waals surface area contributed by atoms with Crippen molar-refractivity contribution in [3.8, 4) is 23.0 Å². The first-order chi connectivity index (χ1) is 15.6. The summed E-state index contributed by atoms with van der Waals surface area (Å²) in [6.45, 7) is 1.15. The summed E-state index contributed by atoms with van der Waals surface area (Å²) < 4.78 is 16.7. The van der Waals surface area contributed by atoms with Crippen molar-refractivity contribution in [2.24, 2.45) is 0 Å². The lowest BCUT2D eigenvalue weighted by Gasteiger charge is -2.31. The molecule has 1 saturated heterocycles. The number of para-hydroxylation sites is 1. The number of piperidine rings is 1. The molecule has 9 nitrogen and oxygen atoms in total. The van der Waals surface area contributed by atoms with Gasteiger partial charge in [0, 0.05) is 31.1 Å². The van der Waals surface area contributed by atoms with E-state index in [9.17, 15) is 4.79 Å². The Hall–Kier alpha value is -3.88. The number of carbonyl (C=O) groups excluding carboxylic acids is 1. The van der Waals surface area contributed by atoms with Gasteiger partial charge in [-0.15, -0.1) is 10.2 Å². The molecule has 0 atom stereocenters. The van der Waals surface area contributed by atoms with Gasteiger partial charge in [-0.25, -0.2) is 4.98 Å². The summed E-state index contributed by atoms with van der Waals surface area (Å²) in [6.07, 6.45) is 3.00. The van der Waals surface area contributed by atoms with Crippen LogP contribution in [0, 0.1) is 0 Å². The zero-order valence-corrected chi connectivity index (χ0v) is 18.0. The lowest BCUT2D eigenvalue weighted by molar-refractivity contribution is 0.0705. The minimum Gasteiger partial charge on any atom is -0.495 e. The molecule has 1 aliphatic rings. The molecular formula is C23H25N5O4. The first kappa shape index (κ1) is 21.4. The van der Waals surface area contributed by atoms with Crippen LogP contribution in [0.2, 0.25) is 0 Å². The fraction of sp³-hybridized carbons (Fsp3) is 0.304. The Morgan fingerprint density at radius 2 is 1.72 bits per heavy atom. The largest absolute Gasteiger partial charge is 0.495 e. The van der Waals surface area contributed by atoms with Gasteiger partial charge in [0.1, 0.15) is 28.7 Å². The molecule has 0 spiro atoms. The maximum Gasteiger partial charge on any atom is 0.272 e. The second-order valence-corrected chi connectivity index (χ2v) is 7.42. The number of rotatable bonds is 6. The van der Waals surface area contributed by atoms with Gasteiger partial charge in [-0.3, -0.25) is 4.79 Å². The molecule has 3 heterocycles. The number of nitrogens with two attached hydrogens (primary N) is 1. The number of carbonyl (C=O) groups is 1. The minimum absolute atomic E-state index is 0.145. The number of likely N-dealkylation sites (tertiary alicyclic amines) is 1. The molecule has 0 radical (unpaired) electrons. The molecule has 3 aromatic rings. The Kier molecular flexibility index (Phi) is 6.34. The number of anilines is 1. The van der Waals surface area contributed by atoms with E-state index in [1.807, 2.05) is 30.3 Å². The highest BCUT2D eigenvalue weighted by Crippen LogP contribution is 2.34. The van der Waals surface area contributed by atoms with Crippen molar-refractivity contribution in [1.82, 2.24) is 20.1 Å². The van der Waals surface area contributed by atoms with Crippen molar-refractivity contribution < 1.29 is 19.0 Å². The van der Waals surface area contributed by atoms with Gasteiger partial charge in [-0.05, 0) is 25.0 Å². The fourth-order valence-electron chi connectivity index (χ4n) is 3.76. The topological polar surface area (TPSA) is 113 Å². The number of aromatic nitrogens is 3. The van der Waals surface area contributed by atoms with E-state index in [2.05, 4.69) is 15.2 Å². The first-order valence-corrected chi connectivity index (χ1v) is 10.3. The van der Waals surface area contributed by atoms with Crippen molar-refractivity contribution in [3.63, 3.8) is 0 Å². The Bertz CT molecular complexity index is 1080. The summed E-state index contributed by atoms with van der Waals surface area (Å²) in [7, 11) is 3.12. The lowest BCUT2D eigenvalue weighted by atomic mass is 9.92. The molecule has 1 amide bonds. The molecule has 0 aliphatic carbocycles. The fourth-order valence-corrected chi connectivity index (χ4v) is 3.76. The molecule has 1 aromatic carbocycles. The third-order valence-electron chi connectivity index (χ3n) is 5.44. The van der Waals surface area contributed by atoms with E-state index in [4.69, 9.17) is 19.9 Å². The Balaban J connectivity index is 1.44. The zero-order chi connectivity index (χ0) is 22.5. The summed E-state index contributed by atoms with van der Waals surface area (Å²) in [6, 6.07) is 12.6. The van der Waals surface area contributed by atoms with Crippen LogP contribution in [0.1, 0.15) is 34.9 Å². The van der Waals surface area contributed by atoms with Crippen LogP contribution in [0.5, 0.6) is 23.0 Å². The minimum atomic E-state index is -0.150. The Morgan fingerprint density at radius 3 is 2.41 bits per heavy atom. The number of nitrogen functional groups attached to an aromatic ring is 1. The van der Waals surface area contributed by atoms with E-state index in [-0.39, 0.29) is 11.8 Å². The molecule has 166 valence electrons. The van der Waals surface area contributed by atoms with Crippen LogP contribution in [-0.4, -0.2) is 53.3 Å². The quantitative estimate of drug-likeness (QED) is 0.628. The molecule has 0 saturated carbocycles. The Morgan fingerprint density at radius 1 is 1.00 bits per heavy atom. The maximum atomic E-state index is 13.0. The van der Waals surface area contributed by atoms with E-state index in [1.54, 1.807) is 24.1 Å². The standard InChI is InChI=1S/C23H25N5O4/c1-30-18-12-17(25-14-20(18)32-16-6-4-3-5-7-16)23(29)28-10-8-15(9-11-28)22-19(31-2)13-21(24)26-27-22/h3-7,12-15H,8-11H2,1-2H3,(H2,24,26). The molecule has 1 aliphatic heterocycles. The van der Waals surface area contributed by atoms with Gasteiger partial charge in [0.05, 0.1) is 20.4 Å². The van der Waals surface area contributed by atoms with Crippen LogP contribution in [0.25, 0.3) is 0 Å². The second kappa shape index (κ2) is 9.51. The summed E-state index contributed by atoms with van der Waals surface area (Å²) in [5.74, 6) is 2.50. The van der Waals surface area contributed by atoms with E-state index in [1.165, 1.54) is 13.3 Å². The normalized spacial score (nSPS) is 14.1. The van der Waals surface area contributed by atoms with E-state index in [0.717, 1.165) is 18.5 Å². The summed E-state index contributed by atoms with van der Waals surface area (Å²) >= 11 is 0. The van der Waals surface area contributed by atoms with Gasteiger partial charge in [0.15, 0.2) is 11.5 Å². The summed E-state index contributed by atoms with van der Waals surface area (Å²) in [4.78, 5) is 19.2. The van der Waals surface area contributed by atoms with Crippen LogP contribution in [0.4, 0.5) is 5.82 Å². The molecule has 1 fully saturated rings. The van der Waals surface area contributed by atoms with Gasteiger partial charge < -0.3 is 24.8 Å². The summed E-state index contributed by atoms with van der Waals surface area (Å²) in [5, 5.41) is 8.17. The average Bonchev–Trinajstić information content (AvgIpc) is 2.84. The van der Waals surface area contributed by atoms with Gasteiger partial charge >= 0.3 is 0 Å². The highest BCUT2D eigenvalue weighted by molar-refractivity contribution is 5.93. The van der Waals surface area contributed by atoms with Crippen LogP contribution in [0.15, 0.2) is 48.7 Å². The molecule has 0 bridgehead atoms. The van der Waals surface area contributed by atoms with Crippen molar-refractivity contribution in [2.45, 2.75) is 18.8 Å². The van der Waals surface area contributed by atoms with Crippen LogP contribution >= 0.6 is 0 Å². The highest BCUT2D eigenvalue weighted by Gasteiger charge is 2.28. The predicted octanol–water partition coefficient (Wildman–Crippen LogP) is 3.28. The van der Waals surface area contributed by atoms with Crippen LogP contribution in [0.3, 0.4) is 0 Å². The first-order valence-electron chi connectivity index (χ1n) is 10.3. The van der Waals surface area contributed by atoms with Crippen LogP contribution < -0.4 is 19.9 Å². The van der Waals surface area contributed by atoms with Crippen molar-refractivity contribution in [1.29, 1.82) is 0 Å². The number of nitrogens with zero attached hydrogens (tertiary/aromatic N) is 4. The SMILES string of the molecule is COc1cc(C(=O)N2CCC(c3nnc(N)cc3OC)CC2)ncc1Oc1ccccc1. The van der Waals surface area contributed by atoms with Crippen molar-refractivity contribution in [3.05, 3.63) is 60.0 Å². The van der Waals surface area contributed by atoms with Crippen molar-refractivity contribution >= 4 is 11.7 Å². The van der Waals surface area contributed by atoms with Crippen LogP contribution in [-0.2, 0) is 0 Å². The smallest absolute Gasteiger partial charge is 0.272 e. The second-order valence-electron chi connectivity index (χ2n) is 7.42. The zero-order valence-electron chi connectivity index (χ0n) is 18.0. The predicted molar refractivity (Wildman–Crippen MR) is 118 cm³/mol. The number of hydrogen-bond acceptors (Lipinski definition) is 8. The van der Waals surface area contributed by atoms with E-state index >= 15 is 0 Å². The number of amides is 1. The molecular weight excluding hydrogens is 410 g/mol. The summed E-state index contributed by atoms with van der Waals surface area (Å²) in [5.41, 5.74) is 6.79. The molecule has 0 unspecified atom stereocenters. The van der Waals surface area contributed by atoms with Gasteiger partial charge in [-0.1, -0.05) is 18.2 Å². The van der Waals surface area contributed by atoms with Gasteiger partial charge in [0.2, 0.25) is 0 Å². The molecule has 2 N–H and O–H groups in total. The maximum absolute atomic E-state index is 13.0. The lowest BCUT2D eigenvalue weighted by Crippen LogP contribution is -2.38. The monoisotopic (exact) mass is 435 g/mol.